The van der Waals surface area contributed by atoms with E-state index in [9.17, 15) is 0 Å². The molecule has 3 nitrogen and oxygen atoms in total. The zero-order valence-corrected chi connectivity index (χ0v) is 7.80. The van der Waals surface area contributed by atoms with Gasteiger partial charge in [0.05, 0.1) is 25.4 Å². The van der Waals surface area contributed by atoms with E-state index in [2.05, 4.69) is 19.2 Å². The summed E-state index contributed by atoms with van der Waals surface area (Å²) in [6.07, 6.45) is 1.42. The lowest BCUT2D eigenvalue weighted by Crippen LogP contribution is -2.62. The predicted molar refractivity (Wildman–Crippen MR) is 46.2 cm³/mol. The molecule has 0 aliphatic carbocycles. The van der Waals surface area contributed by atoms with E-state index in [0.717, 1.165) is 26.2 Å². The Hall–Kier alpha value is -0.120. The van der Waals surface area contributed by atoms with Crippen molar-refractivity contribution in [2.75, 3.05) is 19.8 Å². The lowest BCUT2D eigenvalue weighted by Gasteiger charge is -2.44. The van der Waals surface area contributed by atoms with Gasteiger partial charge in [0.2, 0.25) is 0 Å². The third kappa shape index (κ3) is 1.63. The summed E-state index contributed by atoms with van der Waals surface area (Å²) in [4.78, 5) is 0. The van der Waals surface area contributed by atoms with E-state index < -0.39 is 0 Å². The van der Waals surface area contributed by atoms with Crippen molar-refractivity contribution in [3.05, 3.63) is 0 Å². The molecule has 0 aromatic rings. The maximum absolute atomic E-state index is 5.75. The quantitative estimate of drug-likeness (QED) is 0.577. The van der Waals surface area contributed by atoms with Crippen LogP contribution in [-0.4, -0.2) is 37.5 Å². The molecular formula is C9H17NO2. The molecule has 70 valence electrons. The van der Waals surface area contributed by atoms with Gasteiger partial charge in [-0.15, -0.1) is 0 Å². The summed E-state index contributed by atoms with van der Waals surface area (Å²) in [6, 6.07) is 0.405. The van der Waals surface area contributed by atoms with Crippen molar-refractivity contribution in [3.63, 3.8) is 0 Å². The second-order valence-electron chi connectivity index (χ2n) is 4.35. The monoisotopic (exact) mass is 171 g/mol. The largest absolute Gasteiger partial charge is 0.380 e. The van der Waals surface area contributed by atoms with Crippen molar-refractivity contribution in [1.29, 1.82) is 0 Å². The Kier molecular flexibility index (Phi) is 2.10. The van der Waals surface area contributed by atoms with Crippen molar-refractivity contribution in [2.24, 2.45) is 0 Å². The predicted octanol–water partition coefficient (Wildman–Crippen LogP) is 0.542. The van der Waals surface area contributed by atoms with E-state index in [1.807, 2.05) is 0 Å². The first-order chi connectivity index (χ1) is 5.67. The maximum Gasteiger partial charge on any atom is 0.0773 e. The Morgan fingerprint density at radius 1 is 1.42 bits per heavy atom. The number of ether oxygens (including phenoxy) is 2. The summed E-state index contributed by atoms with van der Waals surface area (Å²) in [6.45, 7) is 6.79. The molecule has 0 radical (unpaired) electrons. The molecule has 2 fully saturated rings. The summed E-state index contributed by atoms with van der Waals surface area (Å²) in [7, 11) is 0. The highest BCUT2D eigenvalue weighted by molar-refractivity contribution is 4.92. The second-order valence-corrected chi connectivity index (χ2v) is 4.35. The average Bonchev–Trinajstić information content (AvgIpc) is 2.02. The molecule has 0 aromatic carbocycles. The fourth-order valence-corrected chi connectivity index (χ4v) is 1.91. The van der Waals surface area contributed by atoms with Gasteiger partial charge in [0.15, 0.2) is 0 Å². The molecular weight excluding hydrogens is 154 g/mol. The van der Waals surface area contributed by atoms with Crippen LogP contribution < -0.4 is 5.32 Å². The molecule has 2 saturated heterocycles. The molecule has 3 heteroatoms. The molecule has 2 heterocycles. The number of morpholine rings is 1. The van der Waals surface area contributed by atoms with Gasteiger partial charge in [0.1, 0.15) is 0 Å². The van der Waals surface area contributed by atoms with Crippen LogP contribution in [0, 0.1) is 0 Å². The molecule has 0 spiro atoms. The van der Waals surface area contributed by atoms with Crippen LogP contribution in [0.1, 0.15) is 20.3 Å². The Morgan fingerprint density at radius 2 is 2.25 bits per heavy atom. The van der Waals surface area contributed by atoms with E-state index >= 15 is 0 Å². The van der Waals surface area contributed by atoms with E-state index in [0.29, 0.717) is 12.1 Å². The summed E-state index contributed by atoms with van der Waals surface area (Å²) in [5.74, 6) is 0. The number of hydrogen-bond acceptors (Lipinski definition) is 3. The van der Waals surface area contributed by atoms with E-state index in [4.69, 9.17) is 9.47 Å². The first-order valence-electron chi connectivity index (χ1n) is 4.64. The van der Waals surface area contributed by atoms with E-state index in [1.165, 1.54) is 0 Å². The molecule has 12 heavy (non-hydrogen) atoms. The molecule has 0 aromatic heterocycles. The Morgan fingerprint density at radius 3 is 3.08 bits per heavy atom. The van der Waals surface area contributed by atoms with Crippen LogP contribution in [0.4, 0.5) is 0 Å². The fourth-order valence-electron chi connectivity index (χ4n) is 1.91. The molecule has 2 aliphatic heterocycles. The van der Waals surface area contributed by atoms with E-state index in [-0.39, 0.29) is 5.54 Å². The second kappa shape index (κ2) is 2.98. The van der Waals surface area contributed by atoms with Gasteiger partial charge in [-0.2, -0.15) is 0 Å². The highest BCUT2D eigenvalue weighted by Gasteiger charge is 2.36. The summed E-state index contributed by atoms with van der Waals surface area (Å²) < 4.78 is 11.1. The molecule has 2 rings (SSSR count). The van der Waals surface area contributed by atoms with Crippen LogP contribution in [0.15, 0.2) is 0 Å². The molecule has 0 amide bonds. The zero-order valence-electron chi connectivity index (χ0n) is 7.80. The smallest absolute Gasteiger partial charge is 0.0773 e. The van der Waals surface area contributed by atoms with Crippen LogP contribution in [0.2, 0.25) is 0 Å². The van der Waals surface area contributed by atoms with Crippen molar-refractivity contribution in [3.8, 4) is 0 Å². The highest BCUT2D eigenvalue weighted by Crippen LogP contribution is 2.21. The van der Waals surface area contributed by atoms with Crippen LogP contribution in [0.25, 0.3) is 0 Å². The standard InChI is InChI=1S/C9H17NO2/c1-9(2)6-12-8-3-4-11-5-7(8)10-9/h7-8,10H,3-6H2,1-2H3. The third-order valence-electron chi connectivity index (χ3n) is 2.53. The van der Waals surface area contributed by atoms with Crippen LogP contribution in [0.5, 0.6) is 0 Å². The van der Waals surface area contributed by atoms with Crippen LogP contribution in [-0.2, 0) is 9.47 Å². The molecule has 2 aliphatic rings. The zero-order chi connectivity index (χ0) is 8.60. The van der Waals surface area contributed by atoms with Gasteiger partial charge >= 0.3 is 0 Å². The van der Waals surface area contributed by atoms with Gasteiger partial charge in [-0.25, -0.2) is 0 Å². The van der Waals surface area contributed by atoms with Gasteiger partial charge in [0, 0.05) is 12.1 Å². The minimum atomic E-state index is 0.113. The fraction of sp³-hybridized carbons (Fsp3) is 1.00. The van der Waals surface area contributed by atoms with Crippen molar-refractivity contribution in [2.45, 2.75) is 38.0 Å². The molecule has 0 saturated carbocycles. The van der Waals surface area contributed by atoms with Crippen molar-refractivity contribution in [1.82, 2.24) is 5.32 Å². The van der Waals surface area contributed by atoms with E-state index in [1.54, 1.807) is 0 Å². The Labute approximate surface area is 73.4 Å². The molecule has 1 N–H and O–H groups in total. The highest BCUT2D eigenvalue weighted by atomic mass is 16.5. The van der Waals surface area contributed by atoms with Gasteiger partial charge < -0.3 is 14.8 Å². The molecule has 0 bridgehead atoms. The lowest BCUT2D eigenvalue weighted by molar-refractivity contribution is -0.109. The average molecular weight is 171 g/mol. The van der Waals surface area contributed by atoms with Crippen LogP contribution >= 0.6 is 0 Å². The van der Waals surface area contributed by atoms with Gasteiger partial charge in [-0.1, -0.05) is 0 Å². The van der Waals surface area contributed by atoms with Crippen molar-refractivity contribution >= 4 is 0 Å². The Balaban J connectivity index is 1.99. The summed E-state index contributed by atoms with van der Waals surface area (Å²) in [5.41, 5.74) is 0.113. The molecule has 2 atom stereocenters. The maximum atomic E-state index is 5.75. The van der Waals surface area contributed by atoms with Gasteiger partial charge in [-0.3, -0.25) is 0 Å². The first-order valence-corrected chi connectivity index (χ1v) is 4.64. The summed E-state index contributed by atoms with van der Waals surface area (Å²) in [5, 5.41) is 3.54. The number of rotatable bonds is 0. The SMILES string of the molecule is CC1(C)COC2CCOCC2N1. The van der Waals surface area contributed by atoms with Gasteiger partial charge in [-0.05, 0) is 20.3 Å². The number of hydrogen-bond donors (Lipinski definition) is 1. The number of nitrogens with one attached hydrogen (secondary N) is 1. The van der Waals surface area contributed by atoms with Crippen molar-refractivity contribution < 1.29 is 9.47 Å². The van der Waals surface area contributed by atoms with Crippen LogP contribution in [0.3, 0.4) is 0 Å². The Bertz CT molecular complexity index is 170. The third-order valence-corrected chi connectivity index (χ3v) is 2.53. The normalized spacial score (nSPS) is 40.5. The minimum absolute atomic E-state index is 0.113. The number of fused-ring (bicyclic) bond motifs is 1. The minimum Gasteiger partial charge on any atom is -0.380 e. The first kappa shape index (κ1) is 8.48. The topological polar surface area (TPSA) is 30.5 Å². The lowest BCUT2D eigenvalue weighted by atomic mass is 9.97. The molecule has 2 unspecified atom stereocenters. The summed E-state index contributed by atoms with van der Waals surface area (Å²) >= 11 is 0. The van der Waals surface area contributed by atoms with Gasteiger partial charge in [0.25, 0.3) is 0 Å².